The molecule has 47 heavy (non-hydrogen) atoms. The molecule has 260 valence electrons. The zero-order valence-corrected chi connectivity index (χ0v) is 36.7. The Morgan fingerprint density at radius 1 is 0.468 bits per heavy atom. The number of hydrogen-bond donors (Lipinski definition) is 0. The minimum absolute atomic E-state index is 1.12. The molecule has 7 heteroatoms. The summed E-state index contributed by atoms with van der Waals surface area (Å²) in [6.07, 6.45) is 25.7. The molecular formula is C40H55Br3S4. The van der Waals surface area contributed by atoms with Gasteiger partial charge in [-0.1, -0.05) is 110 Å². The van der Waals surface area contributed by atoms with Crippen LogP contribution in [0.25, 0.3) is 29.3 Å². The summed E-state index contributed by atoms with van der Waals surface area (Å²) in [7, 11) is 0. The van der Waals surface area contributed by atoms with Crippen LogP contribution in [-0.2, 0) is 25.7 Å². The van der Waals surface area contributed by atoms with E-state index in [9.17, 15) is 0 Å². The Hall–Kier alpha value is 0.240. The molecule has 0 bridgehead atoms. The van der Waals surface area contributed by atoms with Crippen molar-refractivity contribution < 1.29 is 0 Å². The summed E-state index contributed by atoms with van der Waals surface area (Å²) in [5.41, 5.74) is 6.22. The molecule has 0 aliphatic rings. The fourth-order valence-corrected chi connectivity index (χ4v) is 12.7. The van der Waals surface area contributed by atoms with Crippen molar-refractivity contribution in [3.63, 3.8) is 0 Å². The van der Waals surface area contributed by atoms with Crippen LogP contribution in [0.1, 0.15) is 139 Å². The van der Waals surface area contributed by atoms with Crippen LogP contribution in [0.3, 0.4) is 0 Å². The fraction of sp³-hybridized carbons (Fsp3) is 0.600. The standard InChI is InChI=1S/C40H55Br3S4/c1-3-5-7-13-20-32-28-35(46-39(32)36-29-33(40(43)47-36)22-14-8-6-4-2)38-31(21-16-10-12-18-25-42)27-34(45-38)37-30(23-26-44-37)19-15-9-11-17-24-41/h23,26-29H,3-22,24-25H2,1-2H3. The Kier molecular flexibility index (Phi) is 19.5. The lowest BCUT2D eigenvalue weighted by Gasteiger charge is -2.02. The second kappa shape index (κ2) is 22.9. The van der Waals surface area contributed by atoms with Gasteiger partial charge in [0, 0.05) is 39.9 Å². The third-order valence-corrected chi connectivity index (χ3v) is 16.0. The van der Waals surface area contributed by atoms with Gasteiger partial charge in [-0.05, 0) is 132 Å². The third kappa shape index (κ3) is 12.8. The minimum atomic E-state index is 1.12. The highest BCUT2D eigenvalue weighted by atomic mass is 79.9. The van der Waals surface area contributed by atoms with Crippen molar-refractivity contribution in [1.82, 2.24) is 0 Å². The second-order valence-electron chi connectivity index (χ2n) is 12.9. The molecule has 0 nitrogen and oxygen atoms in total. The summed E-state index contributed by atoms with van der Waals surface area (Å²) < 4.78 is 1.34. The number of alkyl halides is 2. The van der Waals surface area contributed by atoms with Gasteiger partial charge in [-0.2, -0.15) is 0 Å². The Morgan fingerprint density at radius 2 is 0.894 bits per heavy atom. The van der Waals surface area contributed by atoms with E-state index in [-0.39, 0.29) is 0 Å². The highest BCUT2D eigenvalue weighted by Crippen LogP contribution is 2.49. The van der Waals surface area contributed by atoms with Crippen molar-refractivity contribution in [3.8, 4) is 29.3 Å². The van der Waals surface area contributed by atoms with Gasteiger partial charge in [0.2, 0.25) is 0 Å². The maximum Gasteiger partial charge on any atom is 0.0737 e. The molecule has 0 unspecified atom stereocenters. The molecule has 4 rings (SSSR count). The Balaban J connectivity index is 1.65. The van der Waals surface area contributed by atoms with E-state index in [1.165, 1.54) is 162 Å². The van der Waals surface area contributed by atoms with E-state index in [0.29, 0.717) is 0 Å². The third-order valence-electron chi connectivity index (χ3n) is 9.05. The molecule has 0 saturated carbocycles. The molecule has 0 atom stereocenters. The molecule has 0 aromatic carbocycles. The SMILES string of the molecule is CCCCCCc1cc(-c2sc(-c3sc(-c4sccc4CCCCCCBr)cc3CCCCCCBr)cc2CCCCCC)sc1Br. The van der Waals surface area contributed by atoms with Gasteiger partial charge in [-0.15, -0.1) is 45.3 Å². The van der Waals surface area contributed by atoms with Crippen LogP contribution in [-0.4, -0.2) is 10.7 Å². The summed E-state index contributed by atoms with van der Waals surface area (Å²) in [4.78, 5) is 9.05. The normalized spacial score (nSPS) is 11.7. The molecule has 0 amide bonds. The summed E-state index contributed by atoms with van der Waals surface area (Å²) >= 11 is 19.3. The van der Waals surface area contributed by atoms with Crippen LogP contribution >= 0.6 is 93.1 Å². The van der Waals surface area contributed by atoms with E-state index in [1.807, 2.05) is 22.7 Å². The lowest BCUT2D eigenvalue weighted by molar-refractivity contribution is 0.667. The van der Waals surface area contributed by atoms with Crippen LogP contribution in [0.4, 0.5) is 0 Å². The summed E-state index contributed by atoms with van der Waals surface area (Å²) in [6.45, 7) is 4.62. The molecule has 0 radical (unpaired) electrons. The molecule has 0 aliphatic carbocycles. The lowest BCUT2D eigenvalue weighted by atomic mass is 10.0. The van der Waals surface area contributed by atoms with Crippen molar-refractivity contribution >= 4 is 93.1 Å². The number of aryl methyl sites for hydroxylation is 4. The average Bonchev–Trinajstić information content (AvgIpc) is 3.87. The quantitative estimate of drug-likeness (QED) is 0.0459. The predicted octanol–water partition coefficient (Wildman–Crippen LogP) is 16.9. The lowest BCUT2D eigenvalue weighted by Crippen LogP contribution is -1.87. The number of hydrogen-bond acceptors (Lipinski definition) is 4. The second-order valence-corrected chi connectivity index (χ2v) is 19.9. The van der Waals surface area contributed by atoms with E-state index < -0.39 is 0 Å². The number of halogens is 3. The molecular weight excluding hydrogens is 848 g/mol. The van der Waals surface area contributed by atoms with Gasteiger partial charge < -0.3 is 0 Å². The van der Waals surface area contributed by atoms with Gasteiger partial charge in [0.25, 0.3) is 0 Å². The highest BCUT2D eigenvalue weighted by Gasteiger charge is 2.21. The van der Waals surface area contributed by atoms with Crippen molar-refractivity contribution in [2.24, 2.45) is 0 Å². The van der Waals surface area contributed by atoms with Gasteiger partial charge in [-0.25, -0.2) is 0 Å². The number of unbranched alkanes of at least 4 members (excludes halogenated alkanes) is 12. The van der Waals surface area contributed by atoms with Crippen LogP contribution < -0.4 is 0 Å². The first-order chi connectivity index (χ1) is 23.1. The van der Waals surface area contributed by atoms with Crippen molar-refractivity contribution in [2.75, 3.05) is 10.7 Å². The summed E-state index contributed by atoms with van der Waals surface area (Å²) in [5.74, 6) is 0. The fourth-order valence-electron chi connectivity index (χ4n) is 6.32. The van der Waals surface area contributed by atoms with Crippen molar-refractivity contribution in [3.05, 3.63) is 55.7 Å². The van der Waals surface area contributed by atoms with Gasteiger partial charge in [0.05, 0.1) is 3.79 Å². The molecule has 0 N–H and O–H groups in total. The zero-order valence-electron chi connectivity index (χ0n) is 28.7. The molecule has 0 spiro atoms. The van der Waals surface area contributed by atoms with Gasteiger partial charge in [0.1, 0.15) is 0 Å². The predicted molar refractivity (Wildman–Crippen MR) is 230 cm³/mol. The first-order valence-corrected chi connectivity index (χ1v) is 24.7. The van der Waals surface area contributed by atoms with Gasteiger partial charge >= 0.3 is 0 Å². The maximum atomic E-state index is 3.97. The first kappa shape index (κ1) is 40.0. The molecule has 0 saturated heterocycles. The molecule has 4 heterocycles. The van der Waals surface area contributed by atoms with E-state index in [2.05, 4.69) is 114 Å². The minimum Gasteiger partial charge on any atom is -0.143 e. The van der Waals surface area contributed by atoms with E-state index in [4.69, 9.17) is 0 Å². The first-order valence-electron chi connectivity index (χ1n) is 18.3. The van der Waals surface area contributed by atoms with Crippen molar-refractivity contribution in [1.29, 1.82) is 0 Å². The van der Waals surface area contributed by atoms with Crippen LogP contribution in [0.5, 0.6) is 0 Å². The summed E-state index contributed by atoms with van der Waals surface area (Å²) in [6, 6.07) is 10.1. The van der Waals surface area contributed by atoms with E-state index in [0.717, 1.165) is 10.7 Å². The zero-order chi connectivity index (χ0) is 33.3. The average molecular weight is 904 g/mol. The van der Waals surface area contributed by atoms with Crippen LogP contribution in [0, 0.1) is 0 Å². The monoisotopic (exact) mass is 900 g/mol. The number of thiophene rings is 4. The molecule has 4 aromatic rings. The summed E-state index contributed by atoms with van der Waals surface area (Å²) in [5, 5.41) is 4.58. The van der Waals surface area contributed by atoms with E-state index >= 15 is 0 Å². The highest BCUT2D eigenvalue weighted by molar-refractivity contribution is 9.11. The van der Waals surface area contributed by atoms with Gasteiger partial charge in [-0.3, -0.25) is 0 Å². The van der Waals surface area contributed by atoms with Crippen molar-refractivity contribution in [2.45, 2.75) is 142 Å². The number of rotatable bonds is 25. The molecule has 0 aliphatic heterocycles. The maximum absolute atomic E-state index is 3.97. The molecule has 0 fully saturated rings. The Morgan fingerprint density at radius 3 is 1.43 bits per heavy atom. The Labute approximate surface area is 328 Å². The van der Waals surface area contributed by atoms with Crippen LogP contribution in [0.15, 0.2) is 33.4 Å². The largest absolute Gasteiger partial charge is 0.143 e. The topological polar surface area (TPSA) is 0 Å². The van der Waals surface area contributed by atoms with E-state index in [1.54, 1.807) is 21.6 Å². The smallest absolute Gasteiger partial charge is 0.0737 e. The van der Waals surface area contributed by atoms with Gasteiger partial charge in [0.15, 0.2) is 0 Å². The molecule has 4 aromatic heterocycles. The Bertz CT molecular complexity index is 1420. The van der Waals surface area contributed by atoms with Crippen LogP contribution in [0.2, 0.25) is 0 Å².